The monoisotopic (exact) mass is 430 g/mol. The Morgan fingerprint density at radius 3 is 2.40 bits per heavy atom. The summed E-state index contributed by atoms with van der Waals surface area (Å²) in [7, 11) is -2.23. The number of hydrogen-bond acceptors (Lipinski definition) is 5. The van der Waals surface area contributed by atoms with Crippen molar-refractivity contribution in [2.24, 2.45) is 5.41 Å². The highest BCUT2D eigenvalue weighted by Crippen LogP contribution is 2.48. The van der Waals surface area contributed by atoms with Crippen LogP contribution in [-0.4, -0.2) is 38.5 Å². The molecule has 1 aliphatic heterocycles. The summed E-state index contributed by atoms with van der Waals surface area (Å²) < 4.78 is 31.5. The van der Waals surface area contributed by atoms with Gasteiger partial charge in [-0.3, -0.25) is 0 Å². The minimum Gasteiger partial charge on any atom is -0.465 e. The number of benzene rings is 2. The number of aliphatic hydroxyl groups is 1. The average Bonchev–Trinajstić information content (AvgIpc) is 2.83. The summed E-state index contributed by atoms with van der Waals surface area (Å²) in [5.41, 5.74) is 1.08. The predicted octanol–water partition coefficient (Wildman–Crippen LogP) is 4.34. The molecule has 0 amide bonds. The molecule has 1 N–H and O–H groups in total. The molecule has 6 heteroatoms. The second-order valence-corrected chi connectivity index (χ2v) is 10.1. The maximum atomic E-state index is 13.4. The van der Waals surface area contributed by atoms with Gasteiger partial charge in [-0.15, -0.1) is 0 Å². The van der Waals surface area contributed by atoms with Gasteiger partial charge >= 0.3 is 5.97 Å². The Labute approximate surface area is 179 Å². The van der Waals surface area contributed by atoms with E-state index in [0.29, 0.717) is 24.0 Å². The van der Waals surface area contributed by atoms with Crippen molar-refractivity contribution in [1.29, 1.82) is 0 Å². The molecular formula is C24H30O5S. The normalized spacial score (nSPS) is 25.2. The zero-order valence-corrected chi connectivity index (χ0v) is 18.6. The first-order valence-corrected chi connectivity index (χ1v) is 12.1. The SMILES string of the molecule is CCCCC1(CC)CS(=O)(=O)c2ccccc2C(c2ccc(C(=O)OC)cc2)C1O. The highest BCUT2D eigenvalue weighted by Gasteiger charge is 2.48. The van der Waals surface area contributed by atoms with Crippen molar-refractivity contribution in [3.8, 4) is 0 Å². The molecule has 5 nitrogen and oxygen atoms in total. The van der Waals surface area contributed by atoms with Crippen LogP contribution in [0, 0.1) is 5.41 Å². The lowest BCUT2D eigenvalue weighted by atomic mass is 9.69. The fourth-order valence-electron chi connectivity index (χ4n) is 4.63. The minimum atomic E-state index is -3.56. The number of carbonyl (C=O) groups is 1. The van der Waals surface area contributed by atoms with Gasteiger partial charge in [0.2, 0.25) is 0 Å². The van der Waals surface area contributed by atoms with E-state index in [1.807, 2.05) is 13.0 Å². The highest BCUT2D eigenvalue weighted by molar-refractivity contribution is 7.91. The van der Waals surface area contributed by atoms with E-state index in [4.69, 9.17) is 4.74 Å². The number of esters is 1. The number of ether oxygens (including phenoxy) is 1. The van der Waals surface area contributed by atoms with Crippen molar-refractivity contribution in [3.05, 3.63) is 65.2 Å². The maximum Gasteiger partial charge on any atom is 0.337 e. The topological polar surface area (TPSA) is 80.7 Å². The van der Waals surface area contributed by atoms with Gasteiger partial charge in [0.15, 0.2) is 9.84 Å². The van der Waals surface area contributed by atoms with Gasteiger partial charge in [0.05, 0.1) is 29.4 Å². The number of methoxy groups -OCH3 is 1. The van der Waals surface area contributed by atoms with Crippen molar-refractivity contribution in [2.75, 3.05) is 12.9 Å². The van der Waals surface area contributed by atoms with Gasteiger partial charge in [-0.25, -0.2) is 13.2 Å². The van der Waals surface area contributed by atoms with E-state index >= 15 is 0 Å². The van der Waals surface area contributed by atoms with Gasteiger partial charge in [0, 0.05) is 11.3 Å². The molecule has 0 fully saturated rings. The van der Waals surface area contributed by atoms with Crippen LogP contribution in [0.4, 0.5) is 0 Å². The quantitative estimate of drug-likeness (QED) is 0.690. The van der Waals surface area contributed by atoms with Crippen molar-refractivity contribution < 1.29 is 23.1 Å². The Hall–Kier alpha value is -2.18. The van der Waals surface area contributed by atoms with E-state index in [-0.39, 0.29) is 10.6 Å². The molecule has 3 atom stereocenters. The summed E-state index contributed by atoms with van der Waals surface area (Å²) in [5, 5.41) is 11.7. The zero-order chi connectivity index (χ0) is 21.9. The van der Waals surface area contributed by atoms with Crippen molar-refractivity contribution in [1.82, 2.24) is 0 Å². The first-order chi connectivity index (χ1) is 14.3. The fourth-order valence-corrected chi connectivity index (χ4v) is 6.90. The van der Waals surface area contributed by atoms with Gasteiger partial charge in [0.25, 0.3) is 0 Å². The molecule has 3 unspecified atom stereocenters. The molecule has 0 radical (unpaired) electrons. The lowest BCUT2D eigenvalue weighted by Crippen LogP contribution is -2.42. The molecule has 2 aromatic rings. The van der Waals surface area contributed by atoms with E-state index in [9.17, 15) is 18.3 Å². The molecule has 1 aliphatic rings. The standard InChI is InChI=1S/C24H30O5S/c1-4-6-15-24(5-2)16-30(27,28)20-10-8-7-9-19(20)21(22(24)25)17-11-13-18(14-12-17)23(26)29-3/h7-14,21-22,25H,4-6,15-16H2,1-3H3. The summed E-state index contributed by atoms with van der Waals surface area (Å²) in [6.45, 7) is 4.03. The molecule has 0 bridgehead atoms. The van der Waals surface area contributed by atoms with Crippen LogP contribution in [0.1, 0.15) is 66.9 Å². The first kappa shape index (κ1) is 22.5. The Bertz CT molecular complexity index is 997. The lowest BCUT2D eigenvalue weighted by Gasteiger charge is -2.39. The second kappa shape index (κ2) is 8.90. The summed E-state index contributed by atoms with van der Waals surface area (Å²) in [6.07, 6.45) is 2.13. The van der Waals surface area contributed by atoms with Gasteiger partial charge in [-0.1, -0.05) is 57.0 Å². The van der Waals surface area contributed by atoms with Crippen LogP contribution in [-0.2, 0) is 14.6 Å². The third-order valence-electron chi connectivity index (χ3n) is 6.43. The third-order valence-corrected chi connectivity index (χ3v) is 8.43. The van der Waals surface area contributed by atoms with E-state index in [1.54, 1.807) is 42.5 Å². The van der Waals surface area contributed by atoms with Crippen LogP contribution < -0.4 is 0 Å². The highest BCUT2D eigenvalue weighted by atomic mass is 32.2. The number of hydrogen-bond donors (Lipinski definition) is 1. The van der Waals surface area contributed by atoms with Gasteiger partial charge < -0.3 is 9.84 Å². The molecule has 0 aromatic heterocycles. The Kier molecular flexibility index (Phi) is 6.68. The largest absolute Gasteiger partial charge is 0.465 e. The van der Waals surface area contributed by atoms with Gasteiger partial charge in [-0.05, 0) is 42.2 Å². The smallest absolute Gasteiger partial charge is 0.337 e. The van der Waals surface area contributed by atoms with Gasteiger partial charge in [-0.2, -0.15) is 0 Å². The van der Waals surface area contributed by atoms with Crippen LogP contribution in [0.3, 0.4) is 0 Å². The lowest BCUT2D eigenvalue weighted by molar-refractivity contribution is 0.0174. The van der Waals surface area contributed by atoms with Crippen molar-refractivity contribution in [2.45, 2.75) is 56.4 Å². The number of carbonyl (C=O) groups excluding carboxylic acids is 1. The summed E-state index contributed by atoms with van der Waals surface area (Å²) in [5.74, 6) is -0.996. The van der Waals surface area contributed by atoms with Gasteiger partial charge in [0.1, 0.15) is 0 Å². The molecule has 2 aromatic carbocycles. The average molecular weight is 431 g/mol. The molecule has 1 heterocycles. The molecule has 0 aliphatic carbocycles. The van der Waals surface area contributed by atoms with E-state index in [0.717, 1.165) is 18.4 Å². The third kappa shape index (κ3) is 4.03. The van der Waals surface area contributed by atoms with Crippen LogP contribution in [0.2, 0.25) is 0 Å². The van der Waals surface area contributed by atoms with Crippen LogP contribution >= 0.6 is 0 Å². The second-order valence-electron chi connectivity index (χ2n) is 8.15. The summed E-state index contributed by atoms with van der Waals surface area (Å²) in [4.78, 5) is 12.1. The molecular weight excluding hydrogens is 400 g/mol. The maximum absolute atomic E-state index is 13.4. The summed E-state index contributed by atoms with van der Waals surface area (Å²) >= 11 is 0. The molecule has 0 saturated heterocycles. The molecule has 162 valence electrons. The molecule has 3 rings (SSSR count). The summed E-state index contributed by atoms with van der Waals surface area (Å²) in [6, 6.07) is 13.9. The van der Waals surface area contributed by atoms with Crippen molar-refractivity contribution in [3.63, 3.8) is 0 Å². The number of sulfone groups is 1. The molecule has 30 heavy (non-hydrogen) atoms. The van der Waals surface area contributed by atoms with E-state index < -0.39 is 33.2 Å². The zero-order valence-electron chi connectivity index (χ0n) is 17.8. The molecule has 0 spiro atoms. The Morgan fingerprint density at radius 1 is 1.13 bits per heavy atom. The number of fused-ring (bicyclic) bond motifs is 1. The minimum absolute atomic E-state index is 0.0641. The predicted molar refractivity (Wildman–Crippen MR) is 116 cm³/mol. The van der Waals surface area contributed by atoms with E-state index in [2.05, 4.69) is 6.92 Å². The fraction of sp³-hybridized carbons (Fsp3) is 0.458. The Balaban J connectivity index is 2.20. The Morgan fingerprint density at radius 2 is 1.80 bits per heavy atom. The van der Waals surface area contributed by atoms with Crippen LogP contribution in [0.25, 0.3) is 0 Å². The first-order valence-electron chi connectivity index (χ1n) is 10.5. The van der Waals surface area contributed by atoms with Crippen LogP contribution in [0.5, 0.6) is 0 Å². The number of aliphatic hydroxyl groups excluding tert-OH is 1. The van der Waals surface area contributed by atoms with Crippen molar-refractivity contribution >= 4 is 15.8 Å². The molecule has 0 saturated carbocycles. The van der Waals surface area contributed by atoms with E-state index in [1.165, 1.54) is 7.11 Å². The van der Waals surface area contributed by atoms with Crippen LogP contribution in [0.15, 0.2) is 53.4 Å². The number of rotatable bonds is 6. The number of unbranched alkanes of at least 4 members (excludes halogenated alkanes) is 1.